The summed E-state index contributed by atoms with van der Waals surface area (Å²) in [5.41, 5.74) is 1.53. The highest BCUT2D eigenvalue weighted by molar-refractivity contribution is 6.30. The Morgan fingerprint density at radius 1 is 1.25 bits per heavy atom. The van der Waals surface area contributed by atoms with Gasteiger partial charge in [-0.15, -0.1) is 0 Å². The van der Waals surface area contributed by atoms with Crippen molar-refractivity contribution in [1.82, 2.24) is 10.4 Å². The lowest BCUT2D eigenvalue weighted by Crippen LogP contribution is -2.40. The average Bonchev–Trinajstić information content (AvgIpc) is 3.03. The molecular weight excluding hydrogens is 388 g/mol. The number of nitrogens with zero attached hydrogens (tertiary/aromatic N) is 3. The fourth-order valence-electron chi connectivity index (χ4n) is 2.92. The molecule has 0 amide bonds. The van der Waals surface area contributed by atoms with E-state index in [9.17, 15) is 14.0 Å². The smallest absolute Gasteiger partial charge is 0.216 e. The van der Waals surface area contributed by atoms with Crippen LogP contribution in [-0.2, 0) is 6.54 Å². The van der Waals surface area contributed by atoms with Crippen LogP contribution in [0, 0.1) is 11.2 Å². The minimum atomic E-state index is -1.21. The van der Waals surface area contributed by atoms with Gasteiger partial charge in [0.05, 0.1) is 19.1 Å². The molecule has 148 valence electrons. The van der Waals surface area contributed by atoms with E-state index >= 15 is 0 Å². The Kier molecular flexibility index (Phi) is 6.43. The van der Waals surface area contributed by atoms with Gasteiger partial charge in [-0.1, -0.05) is 23.7 Å². The summed E-state index contributed by atoms with van der Waals surface area (Å²) in [5.74, 6) is -0.610. The Morgan fingerprint density at radius 3 is 2.61 bits per heavy atom. The van der Waals surface area contributed by atoms with Gasteiger partial charge in [-0.25, -0.2) is 18.8 Å². The second-order valence-electron chi connectivity index (χ2n) is 6.47. The van der Waals surface area contributed by atoms with E-state index in [1.165, 1.54) is 12.1 Å². The van der Waals surface area contributed by atoms with Crippen molar-refractivity contribution >= 4 is 29.6 Å². The maximum absolute atomic E-state index is 14.3. The van der Waals surface area contributed by atoms with Crippen LogP contribution in [0.3, 0.4) is 0 Å². The number of aliphatic imine (C=N–C) groups is 1. The maximum Gasteiger partial charge on any atom is 0.216 e. The summed E-state index contributed by atoms with van der Waals surface area (Å²) in [4.78, 5) is 5.58. The molecule has 1 aliphatic rings. The number of nitrogens with one attached hydrogen (secondary N) is 2. The van der Waals surface area contributed by atoms with E-state index in [1.54, 1.807) is 41.3 Å². The van der Waals surface area contributed by atoms with Gasteiger partial charge in [-0.3, -0.25) is 10.6 Å². The Bertz CT molecular complexity index is 831. The number of anilines is 1. The molecule has 2 atom stereocenters. The van der Waals surface area contributed by atoms with E-state index in [1.807, 2.05) is 0 Å². The minimum absolute atomic E-state index is 0.142. The molecule has 1 fully saturated rings. The summed E-state index contributed by atoms with van der Waals surface area (Å²) >= 11 is 5.81. The molecule has 2 aromatic rings. The molecule has 0 spiro atoms. The molecule has 0 aromatic heterocycles. The largest absolute Gasteiger partial charge is 0.366 e. The molecule has 0 unspecified atom stereocenters. The molecule has 0 bridgehead atoms. The third kappa shape index (κ3) is 5.40. The second kappa shape index (κ2) is 8.99. The first-order valence-electron chi connectivity index (χ1n) is 8.64. The fraction of sp³-hybridized carbons (Fsp3) is 0.263. The van der Waals surface area contributed by atoms with Crippen LogP contribution < -0.4 is 10.2 Å². The summed E-state index contributed by atoms with van der Waals surface area (Å²) in [5, 5.41) is 21.8. The zero-order chi connectivity index (χ0) is 20.1. The first kappa shape index (κ1) is 20.0. The van der Waals surface area contributed by atoms with Gasteiger partial charge in [-0.2, -0.15) is 0 Å². The van der Waals surface area contributed by atoms with Crippen LogP contribution in [0.4, 0.5) is 14.5 Å². The zero-order valence-corrected chi connectivity index (χ0v) is 15.7. The molecule has 3 rings (SSSR count). The molecule has 9 heteroatoms. The lowest BCUT2D eigenvalue weighted by Gasteiger charge is -2.18. The third-order valence-electron chi connectivity index (χ3n) is 4.34. The SMILES string of the molecule is N=C(/N=C\N(O)Cc1ccc(Cl)cc1)N[C@@H]1CN(c2ccc(F)cc2)C[C@H]1F. The van der Waals surface area contributed by atoms with E-state index in [-0.39, 0.29) is 24.9 Å². The molecule has 0 aliphatic carbocycles. The van der Waals surface area contributed by atoms with Gasteiger partial charge >= 0.3 is 0 Å². The Balaban J connectivity index is 1.50. The van der Waals surface area contributed by atoms with Crippen LogP contribution in [-0.4, -0.2) is 47.9 Å². The zero-order valence-electron chi connectivity index (χ0n) is 14.9. The molecule has 1 saturated heterocycles. The minimum Gasteiger partial charge on any atom is -0.366 e. The molecule has 3 N–H and O–H groups in total. The van der Waals surface area contributed by atoms with Gasteiger partial charge < -0.3 is 10.2 Å². The molecule has 1 heterocycles. The average molecular weight is 408 g/mol. The molecule has 1 aliphatic heterocycles. The Morgan fingerprint density at radius 2 is 1.93 bits per heavy atom. The topological polar surface area (TPSA) is 75.0 Å². The molecule has 28 heavy (non-hydrogen) atoms. The van der Waals surface area contributed by atoms with Crippen molar-refractivity contribution in [2.45, 2.75) is 18.8 Å². The number of rotatable bonds is 5. The van der Waals surface area contributed by atoms with Crippen LogP contribution in [0.1, 0.15) is 5.56 Å². The van der Waals surface area contributed by atoms with Crippen LogP contribution in [0.25, 0.3) is 0 Å². The van der Waals surface area contributed by atoms with Crippen molar-refractivity contribution in [2.24, 2.45) is 4.99 Å². The van der Waals surface area contributed by atoms with Crippen molar-refractivity contribution in [3.8, 4) is 0 Å². The van der Waals surface area contributed by atoms with Crippen molar-refractivity contribution in [3.05, 3.63) is 64.9 Å². The highest BCUT2D eigenvalue weighted by Crippen LogP contribution is 2.22. The number of hydroxylamine groups is 2. The maximum atomic E-state index is 14.3. The number of alkyl halides is 1. The summed E-state index contributed by atoms with van der Waals surface area (Å²) in [6.45, 7) is 0.628. The van der Waals surface area contributed by atoms with E-state index in [0.717, 1.165) is 17.0 Å². The predicted molar refractivity (Wildman–Crippen MR) is 105 cm³/mol. The van der Waals surface area contributed by atoms with Crippen molar-refractivity contribution in [1.29, 1.82) is 5.41 Å². The third-order valence-corrected chi connectivity index (χ3v) is 4.59. The van der Waals surface area contributed by atoms with Gasteiger partial charge in [0.25, 0.3) is 0 Å². The first-order valence-corrected chi connectivity index (χ1v) is 9.02. The molecule has 0 radical (unpaired) electrons. The van der Waals surface area contributed by atoms with Crippen LogP contribution in [0.5, 0.6) is 0 Å². The van der Waals surface area contributed by atoms with E-state index in [0.29, 0.717) is 17.3 Å². The number of hydrogen-bond donors (Lipinski definition) is 3. The van der Waals surface area contributed by atoms with Crippen molar-refractivity contribution < 1.29 is 14.0 Å². The number of benzene rings is 2. The molecule has 2 aromatic carbocycles. The second-order valence-corrected chi connectivity index (χ2v) is 6.90. The van der Waals surface area contributed by atoms with Gasteiger partial charge in [0, 0.05) is 17.3 Å². The Hall–Kier alpha value is -2.71. The first-order chi connectivity index (χ1) is 13.4. The monoisotopic (exact) mass is 407 g/mol. The van der Waals surface area contributed by atoms with E-state index in [2.05, 4.69) is 10.3 Å². The summed E-state index contributed by atoms with van der Waals surface area (Å²) < 4.78 is 27.3. The van der Waals surface area contributed by atoms with Crippen LogP contribution in [0.15, 0.2) is 53.5 Å². The molecule has 0 saturated carbocycles. The fourth-order valence-corrected chi connectivity index (χ4v) is 3.04. The summed E-state index contributed by atoms with van der Waals surface area (Å²) in [7, 11) is 0. The van der Waals surface area contributed by atoms with E-state index in [4.69, 9.17) is 17.0 Å². The van der Waals surface area contributed by atoms with Crippen molar-refractivity contribution in [2.75, 3.05) is 18.0 Å². The van der Waals surface area contributed by atoms with Gasteiger partial charge in [0.2, 0.25) is 5.96 Å². The Labute approximate surface area is 166 Å². The molecule has 6 nitrogen and oxygen atoms in total. The lowest BCUT2D eigenvalue weighted by molar-refractivity contribution is -0.0164. The summed E-state index contributed by atoms with van der Waals surface area (Å²) in [6.07, 6.45) is -0.121. The van der Waals surface area contributed by atoms with Crippen molar-refractivity contribution in [3.63, 3.8) is 0 Å². The summed E-state index contributed by atoms with van der Waals surface area (Å²) in [6, 6.07) is 12.2. The van der Waals surface area contributed by atoms with Gasteiger partial charge in [0.1, 0.15) is 18.3 Å². The number of hydrogen-bond acceptors (Lipinski definition) is 3. The van der Waals surface area contributed by atoms with Crippen LogP contribution >= 0.6 is 11.6 Å². The highest BCUT2D eigenvalue weighted by Gasteiger charge is 2.33. The van der Waals surface area contributed by atoms with Crippen LogP contribution in [0.2, 0.25) is 5.02 Å². The highest BCUT2D eigenvalue weighted by atomic mass is 35.5. The number of guanidine groups is 1. The van der Waals surface area contributed by atoms with Gasteiger partial charge in [0.15, 0.2) is 0 Å². The quantitative estimate of drug-likeness (QED) is 0.403. The predicted octanol–water partition coefficient (Wildman–Crippen LogP) is 3.45. The lowest BCUT2D eigenvalue weighted by atomic mass is 10.2. The normalized spacial score (nSPS) is 19.2. The van der Waals surface area contributed by atoms with Gasteiger partial charge in [-0.05, 0) is 42.0 Å². The van der Waals surface area contributed by atoms with E-state index < -0.39 is 12.2 Å². The standard InChI is InChI=1S/C19H20ClF2N5O/c20-14-3-1-13(2-4-14)9-27(28)12-24-19(23)25-18-11-26(10-17(18)22)16-7-5-15(21)6-8-16/h1-8,12,17-18,28H,9-11H2,(H2,23,25)/b24-12-/t17-,18-/m1/s1. The molecular formula is C19H20ClF2N5O. The number of halogens is 3.